The molecule has 2 aliphatic rings. The van der Waals surface area contributed by atoms with Crippen molar-refractivity contribution in [3.05, 3.63) is 63.6 Å². The third kappa shape index (κ3) is 4.57. The number of carbonyl (C=O) groups excluding carboxylic acids is 2. The topological polar surface area (TPSA) is 58.6 Å². The van der Waals surface area contributed by atoms with Gasteiger partial charge in [-0.15, -0.1) is 0 Å². The van der Waals surface area contributed by atoms with E-state index < -0.39 is 0 Å². The molecule has 2 unspecified atom stereocenters. The van der Waals surface area contributed by atoms with Gasteiger partial charge >= 0.3 is 0 Å². The molecule has 1 heterocycles. The average molecular weight is 447 g/mol. The monoisotopic (exact) mass is 446 g/mol. The van der Waals surface area contributed by atoms with Gasteiger partial charge in [-0.25, -0.2) is 0 Å². The average Bonchev–Trinajstić information content (AvgIpc) is 3.47. The number of nitrogens with zero attached hydrogens (tertiary/aromatic N) is 1. The number of carbonyl (C=O) groups is 2. The van der Waals surface area contributed by atoms with Gasteiger partial charge in [-0.3, -0.25) is 9.59 Å². The number of likely N-dealkylation sites (tertiary alicyclic amines) is 1. The summed E-state index contributed by atoms with van der Waals surface area (Å²) in [5.41, 5.74) is 1.41. The highest BCUT2D eigenvalue weighted by molar-refractivity contribution is 6.36. The normalized spacial score (nSPS) is 20.8. The SMILES string of the molecule is COc1ccc(C2CN(C(=O)c3ccc(Cl)cc3Cl)CC2C(=O)NCC2CC2)cc1. The number of hydrogen-bond donors (Lipinski definition) is 1. The molecule has 2 fully saturated rings. The van der Waals surface area contributed by atoms with Crippen LogP contribution in [0, 0.1) is 11.8 Å². The molecule has 0 bridgehead atoms. The van der Waals surface area contributed by atoms with E-state index in [0.29, 0.717) is 41.2 Å². The second kappa shape index (κ2) is 8.86. The fraction of sp³-hybridized carbons (Fsp3) is 0.391. The van der Waals surface area contributed by atoms with E-state index in [-0.39, 0.29) is 23.7 Å². The Morgan fingerprint density at radius 3 is 2.47 bits per heavy atom. The van der Waals surface area contributed by atoms with Gasteiger partial charge in [-0.2, -0.15) is 0 Å². The molecule has 0 aromatic heterocycles. The molecule has 1 aliphatic carbocycles. The molecule has 1 aliphatic heterocycles. The van der Waals surface area contributed by atoms with E-state index in [1.165, 1.54) is 12.8 Å². The summed E-state index contributed by atoms with van der Waals surface area (Å²) in [6.07, 6.45) is 2.35. The van der Waals surface area contributed by atoms with Crippen molar-refractivity contribution in [2.75, 3.05) is 26.7 Å². The number of methoxy groups -OCH3 is 1. The van der Waals surface area contributed by atoms with Crippen LogP contribution in [0.15, 0.2) is 42.5 Å². The summed E-state index contributed by atoms with van der Waals surface area (Å²) in [6, 6.07) is 12.5. The molecule has 5 nitrogen and oxygen atoms in total. The van der Waals surface area contributed by atoms with Crippen LogP contribution in [0.3, 0.4) is 0 Å². The molecular weight excluding hydrogens is 423 g/mol. The summed E-state index contributed by atoms with van der Waals surface area (Å²) >= 11 is 12.2. The number of rotatable bonds is 6. The Labute approximate surface area is 186 Å². The molecule has 0 spiro atoms. The molecule has 7 heteroatoms. The van der Waals surface area contributed by atoms with Gasteiger partial charge in [0.1, 0.15) is 5.75 Å². The van der Waals surface area contributed by atoms with Crippen LogP contribution in [0.25, 0.3) is 0 Å². The van der Waals surface area contributed by atoms with E-state index in [9.17, 15) is 9.59 Å². The minimum Gasteiger partial charge on any atom is -0.497 e. The Balaban J connectivity index is 1.56. The van der Waals surface area contributed by atoms with Gasteiger partial charge in [0.05, 0.1) is 23.6 Å². The van der Waals surface area contributed by atoms with E-state index in [0.717, 1.165) is 11.3 Å². The lowest BCUT2D eigenvalue weighted by atomic mass is 9.88. The molecule has 0 radical (unpaired) electrons. The van der Waals surface area contributed by atoms with Crippen molar-refractivity contribution >= 4 is 35.0 Å². The van der Waals surface area contributed by atoms with Gasteiger partial charge in [0, 0.05) is 30.6 Å². The third-order valence-corrected chi connectivity index (χ3v) is 6.46. The number of hydrogen-bond acceptors (Lipinski definition) is 3. The van der Waals surface area contributed by atoms with E-state index in [1.54, 1.807) is 30.2 Å². The van der Waals surface area contributed by atoms with E-state index >= 15 is 0 Å². The van der Waals surface area contributed by atoms with Crippen molar-refractivity contribution in [3.63, 3.8) is 0 Å². The van der Waals surface area contributed by atoms with Crippen LogP contribution >= 0.6 is 23.2 Å². The van der Waals surface area contributed by atoms with Gasteiger partial charge < -0.3 is 15.0 Å². The fourth-order valence-corrected chi connectivity index (χ4v) is 4.44. The lowest BCUT2D eigenvalue weighted by Gasteiger charge is -2.18. The molecule has 1 N–H and O–H groups in total. The summed E-state index contributed by atoms with van der Waals surface area (Å²) in [5.74, 6) is 0.762. The number of nitrogens with one attached hydrogen (secondary N) is 1. The van der Waals surface area contributed by atoms with Crippen LogP contribution in [0.5, 0.6) is 5.75 Å². The zero-order valence-corrected chi connectivity index (χ0v) is 18.2. The molecule has 1 saturated heterocycles. The van der Waals surface area contributed by atoms with Crippen LogP contribution in [0.4, 0.5) is 0 Å². The van der Waals surface area contributed by atoms with Crippen molar-refractivity contribution in [3.8, 4) is 5.75 Å². The van der Waals surface area contributed by atoms with Crippen LogP contribution in [-0.2, 0) is 4.79 Å². The molecule has 4 rings (SSSR count). The van der Waals surface area contributed by atoms with E-state index in [4.69, 9.17) is 27.9 Å². The highest BCUT2D eigenvalue weighted by Gasteiger charge is 2.41. The Kier molecular flexibility index (Phi) is 6.21. The van der Waals surface area contributed by atoms with E-state index in [2.05, 4.69) is 5.32 Å². The molecule has 2 aromatic rings. The second-order valence-corrected chi connectivity index (χ2v) is 8.85. The van der Waals surface area contributed by atoms with Crippen molar-refractivity contribution in [2.24, 2.45) is 11.8 Å². The van der Waals surface area contributed by atoms with Gasteiger partial charge in [0.15, 0.2) is 0 Å². The first-order valence-corrected chi connectivity index (χ1v) is 10.9. The zero-order valence-electron chi connectivity index (χ0n) is 16.7. The Morgan fingerprint density at radius 1 is 1.10 bits per heavy atom. The molecular formula is C23H24Cl2N2O3. The zero-order chi connectivity index (χ0) is 21.3. The van der Waals surface area contributed by atoms with Gasteiger partial charge in [-0.1, -0.05) is 35.3 Å². The van der Waals surface area contributed by atoms with Crippen molar-refractivity contribution in [1.82, 2.24) is 10.2 Å². The van der Waals surface area contributed by atoms with Gasteiger partial charge in [0.2, 0.25) is 5.91 Å². The number of halogens is 2. The first-order chi connectivity index (χ1) is 14.5. The molecule has 2 aromatic carbocycles. The standard InChI is InChI=1S/C23H24Cl2N2O3/c1-30-17-7-4-15(5-8-17)19-12-27(13-20(19)22(28)26-11-14-2-3-14)23(29)18-9-6-16(24)10-21(18)25/h4-10,14,19-20H,2-3,11-13H2,1H3,(H,26,28). The fourth-order valence-electron chi connectivity index (χ4n) is 3.96. The number of amides is 2. The Morgan fingerprint density at radius 2 is 1.83 bits per heavy atom. The molecule has 1 saturated carbocycles. The number of ether oxygens (including phenoxy) is 1. The summed E-state index contributed by atoms with van der Waals surface area (Å²) < 4.78 is 5.25. The predicted octanol–water partition coefficient (Wildman–Crippen LogP) is 4.38. The molecule has 2 atom stereocenters. The smallest absolute Gasteiger partial charge is 0.255 e. The van der Waals surface area contributed by atoms with Crippen molar-refractivity contribution < 1.29 is 14.3 Å². The maximum atomic E-state index is 13.1. The van der Waals surface area contributed by atoms with Crippen LogP contribution in [0.1, 0.15) is 34.7 Å². The molecule has 158 valence electrons. The second-order valence-electron chi connectivity index (χ2n) is 8.01. The van der Waals surface area contributed by atoms with Crippen LogP contribution in [-0.4, -0.2) is 43.5 Å². The molecule has 30 heavy (non-hydrogen) atoms. The highest BCUT2D eigenvalue weighted by atomic mass is 35.5. The first kappa shape index (κ1) is 21.0. The first-order valence-electron chi connectivity index (χ1n) is 10.1. The Hall–Kier alpha value is -2.24. The van der Waals surface area contributed by atoms with Gasteiger partial charge in [-0.05, 0) is 54.7 Å². The van der Waals surface area contributed by atoms with Crippen LogP contribution in [0.2, 0.25) is 10.0 Å². The minimum atomic E-state index is -0.313. The Bertz CT molecular complexity index is 944. The molecule has 2 amide bonds. The number of benzene rings is 2. The van der Waals surface area contributed by atoms with E-state index in [1.807, 2.05) is 24.3 Å². The minimum absolute atomic E-state index is 0.000205. The lowest BCUT2D eigenvalue weighted by molar-refractivity contribution is -0.125. The van der Waals surface area contributed by atoms with Crippen LogP contribution < -0.4 is 10.1 Å². The highest BCUT2D eigenvalue weighted by Crippen LogP contribution is 2.36. The van der Waals surface area contributed by atoms with Crippen molar-refractivity contribution in [1.29, 1.82) is 0 Å². The summed E-state index contributed by atoms with van der Waals surface area (Å²) in [7, 11) is 1.62. The maximum absolute atomic E-state index is 13.1. The summed E-state index contributed by atoms with van der Waals surface area (Å²) in [5, 5.41) is 3.87. The largest absolute Gasteiger partial charge is 0.497 e. The van der Waals surface area contributed by atoms with Gasteiger partial charge in [0.25, 0.3) is 5.91 Å². The quantitative estimate of drug-likeness (QED) is 0.715. The van der Waals surface area contributed by atoms with Crippen molar-refractivity contribution in [2.45, 2.75) is 18.8 Å². The lowest BCUT2D eigenvalue weighted by Crippen LogP contribution is -2.36. The summed E-state index contributed by atoms with van der Waals surface area (Å²) in [6.45, 7) is 1.51. The summed E-state index contributed by atoms with van der Waals surface area (Å²) in [4.78, 5) is 27.8. The third-order valence-electron chi connectivity index (χ3n) is 5.91. The predicted molar refractivity (Wildman–Crippen MR) is 117 cm³/mol. The maximum Gasteiger partial charge on any atom is 0.255 e.